The summed E-state index contributed by atoms with van der Waals surface area (Å²) in [6.45, 7) is 10.4. The van der Waals surface area contributed by atoms with Crippen molar-refractivity contribution in [2.24, 2.45) is 0 Å². The number of ether oxygens (including phenoxy) is 1. The number of rotatable bonds is 9. The average Bonchev–Trinajstić information content (AvgIpc) is 3.22. The molecule has 0 radical (unpaired) electrons. The van der Waals surface area contributed by atoms with Crippen molar-refractivity contribution in [3.05, 3.63) is 64.7 Å². The second kappa shape index (κ2) is 10.8. The Morgan fingerprint density at radius 1 is 1.03 bits per heavy atom. The van der Waals surface area contributed by atoms with Crippen molar-refractivity contribution in [2.45, 2.75) is 66.0 Å². The van der Waals surface area contributed by atoms with Crippen molar-refractivity contribution in [1.82, 2.24) is 0 Å². The van der Waals surface area contributed by atoms with E-state index in [2.05, 4.69) is 31.3 Å². The van der Waals surface area contributed by atoms with Crippen LogP contribution in [0.1, 0.15) is 54.9 Å². The third-order valence-electron chi connectivity index (χ3n) is 6.59. The van der Waals surface area contributed by atoms with Crippen molar-refractivity contribution >= 4 is 17.6 Å². The van der Waals surface area contributed by atoms with Crippen molar-refractivity contribution in [3.8, 4) is 0 Å². The van der Waals surface area contributed by atoms with Crippen LogP contribution >= 0.6 is 0 Å². The van der Waals surface area contributed by atoms with Crippen molar-refractivity contribution in [3.63, 3.8) is 0 Å². The second-order valence-corrected chi connectivity index (χ2v) is 9.24. The van der Waals surface area contributed by atoms with Crippen LogP contribution in [0.3, 0.4) is 0 Å². The number of nitrogens with zero attached hydrogens (tertiary/aromatic N) is 1. The molecule has 5 nitrogen and oxygen atoms in total. The highest BCUT2D eigenvalue weighted by Crippen LogP contribution is 2.29. The molecule has 32 heavy (non-hydrogen) atoms. The SMILES string of the molecule is CCCC(C(=O)Nc1c(C)cc(C)cc1C)[N+]1(CC(=O)OCc2ccccc2)CCCC1. The Labute approximate surface area is 192 Å². The van der Waals surface area contributed by atoms with E-state index in [0.717, 1.165) is 61.2 Å². The van der Waals surface area contributed by atoms with Gasteiger partial charge in [-0.1, -0.05) is 55.0 Å². The van der Waals surface area contributed by atoms with Crippen LogP contribution in [0.15, 0.2) is 42.5 Å². The predicted molar refractivity (Wildman–Crippen MR) is 128 cm³/mol. The molecule has 5 heteroatoms. The van der Waals surface area contributed by atoms with E-state index < -0.39 is 0 Å². The number of quaternary nitrogens is 1. The minimum Gasteiger partial charge on any atom is -0.457 e. The molecule has 1 heterocycles. The normalized spacial score (nSPS) is 15.9. The van der Waals surface area contributed by atoms with Gasteiger partial charge in [-0.2, -0.15) is 0 Å². The van der Waals surface area contributed by atoms with E-state index in [1.165, 1.54) is 5.56 Å². The monoisotopic (exact) mass is 437 g/mol. The lowest BCUT2D eigenvalue weighted by atomic mass is 10.0. The standard InChI is InChI=1S/C27H36N2O3/c1-5-11-24(27(31)28-26-21(3)16-20(2)17-22(26)4)29(14-9-10-15-29)18-25(30)32-19-23-12-7-6-8-13-23/h6-8,12-13,16-17,24H,5,9-11,14-15,18-19H2,1-4H3/p+1. The number of esters is 1. The summed E-state index contributed by atoms with van der Waals surface area (Å²) >= 11 is 0. The molecular formula is C27H37N2O3+. The molecule has 1 unspecified atom stereocenters. The zero-order chi connectivity index (χ0) is 23.1. The van der Waals surface area contributed by atoms with Gasteiger partial charge in [-0.15, -0.1) is 0 Å². The number of likely N-dealkylation sites (tertiary alicyclic amines) is 1. The number of hydrogen-bond acceptors (Lipinski definition) is 3. The summed E-state index contributed by atoms with van der Waals surface area (Å²) in [7, 11) is 0. The van der Waals surface area contributed by atoms with Gasteiger partial charge in [0.25, 0.3) is 5.91 Å². The highest BCUT2D eigenvalue weighted by molar-refractivity contribution is 5.95. The van der Waals surface area contributed by atoms with Crippen LogP contribution in [0.2, 0.25) is 0 Å². The van der Waals surface area contributed by atoms with Gasteiger partial charge in [-0.3, -0.25) is 4.79 Å². The molecule has 1 N–H and O–H groups in total. The zero-order valence-electron chi connectivity index (χ0n) is 19.9. The fourth-order valence-electron chi connectivity index (χ4n) is 5.10. The summed E-state index contributed by atoms with van der Waals surface area (Å²) in [4.78, 5) is 26.4. The molecule has 0 bridgehead atoms. The Bertz CT molecular complexity index is 910. The molecule has 172 valence electrons. The van der Waals surface area contributed by atoms with E-state index in [-0.39, 0.29) is 31.1 Å². The second-order valence-electron chi connectivity index (χ2n) is 9.24. The Kier molecular flexibility index (Phi) is 8.08. The summed E-state index contributed by atoms with van der Waals surface area (Å²) in [5.41, 5.74) is 5.20. The fraction of sp³-hybridized carbons (Fsp3) is 0.481. The predicted octanol–water partition coefficient (Wildman–Crippen LogP) is 5.07. The summed E-state index contributed by atoms with van der Waals surface area (Å²) in [5, 5.41) is 3.22. The van der Waals surface area contributed by atoms with Crippen LogP contribution in [0.5, 0.6) is 0 Å². The lowest BCUT2D eigenvalue weighted by Crippen LogP contribution is -2.60. The molecule has 2 aromatic carbocycles. The Morgan fingerprint density at radius 3 is 2.25 bits per heavy atom. The molecular weight excluding hydrogens is 400 g/mol. The van der Waals surface area contributed by atoms with E-state index in [1.807, 2.05) is 44.2 Å². The third-order valence-corrected chi connectivity index (χ3v) is 6.59. The molecule has 1 fully saturated rings. The summed E-state index contributed by atoms with van der Waals surface area (Å²) in [6.07, 6.45) is 3.70. The summed E-state index contributed by atoms with van der Waals surface area (Å²) in [6, 6.07) is 13.7. The molecule has 2 aromatic rings. The molecule has 0 spiro atoms. The first-order valence-corrected chi connectivity index (χ1v) is 11.8. The molecule has 0 aromatic heterocycles. The molecule has 0 aliphatic carbocycles. The molecule has 1 saturated heterocycles. The fourth-order valence-corrected chi connectivity index (χ4v) is 5.10. The van der Waals surface area contributed by atoms with Gasteiger partial charge in [-0.25, -0.2) is 4.79 Å². The molecule has 1 atom stereocenters. The van der Waals surface area contributed by atoms with E-state index in [1.54, 1.807) is 0 Å². The summed E-state index contributed by atoms with van der Waals surface area (Å²) in [5.74, 6) is -0.216. The Balaban J connectivity index is 1.76. The van der Waals surface area contributed by atoms with Gasteiger partial charge < -0.3 is 14.5 Å². The maximum atomic E-state index is 13.6. The number of anilines is 1. The van der Waals surface area contributed by atoms with E-state index in [0.29, 0.717) is 4.48 Å². The quantitative estimate of drug-likeness (QED) is 0.440. The van der Waals surface area contributed by atoms with E-state index >= 15 is 0 Å². The topological polar surface area (TPSA) is 55.4 Å². The van der Waals surface area contributed by atoms with Crippen molar-refractivity contribution in [1.29, 1.82) is 0 Å². The first kappa shape index (κ1) is 24.0. The van der Waals surface area contributed by atoms with Crippen LogP contribution < -0.4 is 5.32 Å². The number of nitrogens with one attached hydrogen (secondary N) is 1. The molecule has 0 saturated carbocycles. The minimum absolute atomic E-state index is 0.0136. The van der Waals surface area contributed by atoms with Crippen molar-refractivity contribution < 1.29 is 18.8 Å². The number of benzene rings is 2. The Morgan fingerprint density at radius 2 is 1.66 bits per heavy atom. The van der Waals surface area contributed by atoms with Crippen LogP contribution in [0.25, 0.3) is 0 Å². The van der Waals surface area contributed by atoms with E-state index in [4.69, 9.17) is 4.74 Å². The molecule has 1 aliphatic rings. The number of carbonyl (C=O) groups excluding carboxylic acids is 2. The lowest BCUT2D eigenvalue weighted by Gasteiger charge is -2.40. The third kappa shape index (κ3) is 5.77. The van der Waals surface area contributed by atoms with Gasteiger partial charge in [0.1, 0.15) is 6.61 Å². The smallest absolute Gasteiger partial charge is 0.362 e. The van der Waals surface area contributed by atoms with Gasteiger partial charge in [0, 0.05) is 24.9 Å². The largest absolute Gasteiger partial charge is 0.457 e. The number of aryl methyl sites for hydroxylation is 3. The van der Waals surface area contributed by atoms with Gasteiger partial charge in [0.05, 0.1) is 13.1 Å². The average molecular weight is 438 g/mol. The summed E-state index contributed by atoms with van der Waals surface area (Å²) < 4.78 is 6.10. The van der Waals surface area contributed by atoms with Crippen LogP contribution in [-0.2, 0) is 20.9 Å². The first-order chi connectivity index (χ1) is 15.3. The first-order valence-electron chi connectivity index (χ1n) is 11.8. The lowest BCUT2D eigenvalue weighted by molar-refractivity contribution is -0.925. The van der Waals surface area contributed by atoms with Gasteiger partial charge in [-0.05, 0) is 43.9 Å². The molecule has 1 amide bonds. The Hall–Kier alpha value is -2.66. The van der Waals surface area contributed by atoms with Crippen LogP contribution in [0.4, 0.5) is 5.69 Å². The number of hydrogen-bond donors (Lipinski definition) is 1. The number of carbonyl (C=O) groups is 2. The zero-order valence-corrected chi connectivity index (χ0v) is 19.9. The van der Waals surface area contributed by atoms with Gasteiger partial charge in [0.2, 0.25) is 0 Å². The number of amides is 1. The maximum absolute atomic E-state index is 13.6. The highest BCUT2D eigenvalue weighted by atomic mass is 16.5. The maximum Gasteiger partial charge on any atom is 0.362 e. The van der Waals surface area contributed by atoms with Crippen LogP contribution in [0, 0.1) is 20.8 Å². The van der Waals surface area contributed by atoms with Crippen LogP contribution in [-0.4, -0.2) is 42.0 Å². The highest BCUT2D eigenvalue weighted by Gasteiger charge is 2.45. The van der Waals surface area contributed by atoms with Gasteiger partial charge >= 0.3 is 5.97 Å². The van der Waals surface area contributed by atoms with E-state index in [9.17, 15) is 9.59 Å². The molecule has 1 aliphatic heterocycles. The van der Waals surface area contributed by atoms with Crippen molar-refractivity contribution in [2.75, 3.05) is 25.0 Å². The minimum atomic E-state index is -0.258. The van der Waals surface area contributed by atoms with Gasteiger partial charge in [0.15, 0.2) is 12.6 Å². The molecule has 3 rings (SSSR count).